The maximum absolute atomic E-state index is 12.8. The summed E-state index contributed by atoms with van der Waals surface area (Å²) in [7, 11) is 25.8. The standard InChI is InChI=1S/C22H26N4.C20H28N4.C17H21F3N4.C17H22N4O.C16H19FN4.C16H20N4/c1-23-14-15-26(2)17-21-16-24-25-22(21)13-10-18-8-11-20(12-9-18)19-6-4-3-5-7-19;1-20(2,3)18-9-6-16(7-10-18)8-11-19-17(14-22-23-19)15-24(5)13-12-21-4;1-21-9-10-24(2)12-14-11-22-23-16(14)8-5-13-3-6-15(7-4-13)17(18,19)20;1-18-9-10-21(2)13-15-12-19-20-17(15)8-7-14-5-4-6-16(11-14)22-3;1-18-9-10-21(2)12-14-11-19-20-16(14)8-5-13-3-6-15(17)7-4-13;1-17-10-11-20(2)13-15-12-18-19-16(15)9-8-14-6-4-3-5-7-14/h3-13,16,23H,14-15,17H2,1-2H3,(H,24,25);6-7,9-10,14,21H,12-13,15H2,1-5H3,(H,22,23);3-8,11,21H,9-10,12H2,1-2H3,(H,22,23);4-6,11-12,18H,9-10,13H2,1-3H3,(H,19,20);3-4,6-7,11,18H,9-10,12H2,1-2H3,(H,19,20);3-7,12,17H,10-11,13H2,1-2H3,(H,18,19)/b13-10+;;8-5+;;;. The number of rotatable bonds is 36. The predicted molar refractivity (Wildman–Crippen MR) is 549 cm³/mol. The number of hydrogen-bond acceptors (Lipinski definition) is 19. The van der Waals surface area contributed by atoms with Crippen LogP contribution in [0.3, 0.4) is 0 Å². The van der Waals surface area contributed by atoms with Crippen LogP contribution in [0.4, 0.5) is 17.6 Å². The molecule has 722 valence electrons. The number of nitrogens with one attached hydrogen (secondary N) is 12. The van der Waals surface area contributed by atoms with Crippen molar-refractivity contribution in [3.8, 4) is 64.2 Å². The second-order valence-electron chi connectivity index (χ2n) is 34.0. The monoisotopic (exact) mass is 1860 g/mol. The third kappa shape index (κ3) is 41.0. The summed E-state index contributed by atoms with van der Waals surface area (Å²) < 4.78 is 55.7. The number of alkyl halides is 3. The van der Waals surface area contributed by atoms with E-state index < -0.39 is 11.7 Å². The fourth-order valence-electron chi connectivity index (χ4n) is 13.3. The molecule has 0 atom stereocenters. The molecule has 0 saturated heterocycles. The van der Waals surface area contributed by atoms with Crippen LogP contribution in [0.1, 0.15) is 133 Å². The van der Waals surface area contributed by atoms with Gasteiger partial charge in [0, 0.05) is 173 Å². The summed E-state index contributed by atoms with van der Waals surface area (Å²) in [5.41, 5.74) is 21.0. The molecule has 0 fully saturated rings. The Hall–Kier alpha value is -13.4. The molecule has 0 saturated carbocycles. The van der Waals surface area contributed by atoms with Gasteiger partial charge in [0.1, 0.15) is 34.3 Å². The number of ether oxygens (including phenoxy) is 1. The third-order valence-electron chi connectivity index (χ3n) is 21.4. The van der Waals surface area contributed by atoms with Gasteiger partial charge in [-0.05, 0) is 233 Å². The molecule has 0 spiro atoms. The van der Waals surface area contributed by atoms with E-state index in [2.05, 4.69) is 311 Å². The number of hydrogen-bond donors (Lipinski definition) is 12. The van der Waals surface area contributed by atoms with Crippen LogP contribution in [0.15, 0.2) is 219 Å². The van der Waals surface area contributed by atoms with E-state index in [1.54, 1.807) is 37.7 Å². The van der Waals surface area contributed by atoms with Gasteiger partial charge in [-0.3, -0.25) is 30.6 Å². The minimum atomic E-state index is -4.31. The summed E-state index contributed by atoms with van der Waals surface area (Å²) in [6.45, 7) is 23.1. The zero-order chi connectivity index (χ0) is 98.4. The molecule has 13 rings (SSSR count). The fraction of sp³-hybridized carbons (Fsp3) is 0.333. The minimum Gasteiger partial charge on any atom is -0.497 e. The van der Waals surface area contributed by atoms with Gasteiger partial charge in [0.25, 0.3) is 0 Å². The van der Waals surface area contributed by atoms with Gasteiger partial charge >= 0.3 is 6.18 Å². The summed E-state index contributed by atoms with van der Waals surface area (Å²) in [5.74, 6) is 25.7. The third-order valence-corrected chi connectivity index (χ3v) is 21.4. The Balaban J connectivity index is 0.000000202. The van der Waals surface area contributed by atoms with E-state index in [-0.39, 0.29) is 11.2 Å². The molecule has 12 N–H and O–H groups in total. The second kappa shape index (κ2) is 60.1. The topological polar surface area (TPSA) is 273 Å². The van der Waals surface area contributed by atoms with Crippen LogP contribution in [0.2, 0.25) is 0 Å². The van der Waals surface area contributed by atoms with Crippen molar-refractivity contribution in [1.29, 1.82) is 0 Å². The van der Waals surface area contributed by atoms with Crippen molar-refractivity contribution in [3.63, 3.8) is 0 Å². The van der Waals surface area contributed by atoms with E-state index >= 15 is 0 Å². The highest BCUT2D eigenvalue weighted by atomic mass is 19.4. The lowest BCUT2D eigenvalue weighted by Crippen LogP contribution is -2.27. The van der Waals surface area contributed by atoms with E-state index in [1.807, 2.05) is 141 Å². The first kappa shape index (κ1) is 109. The van der Waals surface area contributed by atoms with Crippen molar-refractivity contribution >= 4 is 24.3 Å². The van der Waals surface area contributed by atoms with Crippen LogP contribution in [0.25, 0.3) is 35.4 Å². The molecule has 0 radical (unpaired) electrons. The predicted octanol–water partition coefficient (Wildman–Crippen LogP) is 14.4. The molecule has 6 aromatic heterocycles. The number of nitrogens with zero attached hydrogens (tertiary/aromatic N) is 12. The number of halogens is 4. The van der Waals surface area contributed by atoms with Crippen molar-refractivity contribution in [1.82, 2.24) is 122 Å². The first-order valence-electron chi connectivity index (χ1n) is 45.7. The van der Waals surface area contributed by atoms with Crippen molar-refractivity contribution < 1.29 is 22.3 Å². The lowest BCUT2D eigenvalue weighted by atomic mass is 9.87. The lowest BCUT2D eigenvalue weighted by molar-refractivity contribution is -0.137. The van der Waals surface area contributed by atoms with Crippen LogP contribution >= 0.6 is 0 Å². The molecule has 29 heteroatoms. The molecule has 0 aliphatic heterocycles. The van der Waals surface area contributed by atoms with E-state index in [0.29, 0.717) is 5.56 Å². The Labute approximate surface area is 807 Å². The number of H-pyrrole nitrogens is 6. The molecule has 0 unspecified atom stereocenters. The average molecular weight is 1860 g/mol. The summed E-state index contributed by atoms with van der Waals surface area (Å²) in [4.78, 5) is 13.4. The van der Waals surface area contributed by atoms with Crippen LogP contribution in [0.5, 0.6) is 5.75 Å². The Bertz CT molecular complexity index is 5900. The quantitative estimate of drug-likeness (QED) is 0.0128. The normalized spacial score (nSPS) is 11.1. The fourth-order valence-corrected chi connectivity index (χ4v) is 13.3. The molecule has 137 heavy (non-hydrogen) atoms. The molecule has 0 aliphatic carbocycles. The molecule has 0 amide bonds. The van der Waals surface area contributed by atoms with Gasteiger partial charge in [-0.2, -0.15) is 43.8 Å². The van der Waals surface area contributed by atoms with E-state index in [1.165, 1.54) is 52.1 Å². The maximum atomic E-state index is 12.8. The highest BCUT2D eigenvalue weighted by Crippen LogP contribution is 2.30. The average Bonchev–Trinajstić information content (AvgIpc) is 1.85. The van der Waals surface area contributed by atoms with Crippen molar-refractivity contribution in [3.05, 3.63) is 337 Å². The van der Waals surface area contributed by atoms with Gasteiger partial charge in [-0.1, -0.05) is 160 Å². The summed E-state index contributed by atoms with van der Waals surface area (Å²) in [6.07, 6.45) is 14.5. The van der Waals surface area contributed by atoms with Crippen LogP contribution < -0.4 is 36.6 Å². The van der Waals surface area contributed by atoms with E-state index in [0.717, 1.165) is 220 Å². The lowest BCUT2D eigenvalue weighted by Gasteiger charge is -2.18. The Morgan fingerprint density at radius 3 is 0.956 bits per heavy atom. The number of likely N-dealkylation sites (N-methyl/N-ethyl adjacent to an activating group) is 12. The molecule has 7 aromatic carbocycles. The molecule has 0 bridgehead atoms. The SMILES string of the molecule is CNCCN(C)Cc1cn[nH]c1/C=C/c1ccc(-c2ccccc2)cc1.CNCCN(C)Cc1cn[nH]c1/C=C/c1ccc(C(F)(F)F)cc1.CNCCN(C)Cc1cn[nH]c1C#Cc1ccc(C(C)(C)C)cc1.CNCCN(C)Cc1cn[nH]c1C#Cc1ccc(F)cc1.CNCCN(C)Cc1cn[nH]c1C#Cc1cccc(OC)c1.CNCCN(C)Cc1cn[nH]c1C#Cc1ccccc1. The Morgan fingerprint density at radius 1 is 0.321 bits per heavy atom. The maximum Gasteiger partial charge on any atom is 0.416 e. The van der Waals surface area contributed by atoms with Gasteiger partial charge in [0.15, 0.2) is 0 Å². The molecule has 0 aliphatic rings. The number of aromatic nitrogens is 12. The second-order valence-corrected chi connectivity index (χ2v) is 34.0. The summed E-state index contributed by atoms with van der Waals surface area (Å²) in [6, 6.07) is 56.4. The first-order valence-corrected chi connectivity index (χ1v) is 45.7. The molecule has 13 aromatic rings. The van der Waals surface area contributed by atoms with Gasteiger partial charge in [-0.15, -0.1) is 0 Å². The number of benzene rings is 7. The Morgan fingerprint density at radius 2 is 0.613 bits per heavy atom. The highest BCUT2D eigenvalue weighted by Gasteiger charge is 2.30. The van der Waals surface area contributed by atoms with Crippen LogP contribution in [-0.4, -0.2) is 261 Å². The van der Waals surface area contributed by atoms with Crippen molar-refractivity contribution in [2.75, 3.05) is 170 Å². The van der Waals surface area contributed by atoms with Gasteiger partial charge in [0.2, 0.25) is 0 Å². The summed E-state index contributed by atoms with van der Waals surface area (Å²) in [5, 5.41) is 61.4. The van der Waals surface area contributed by atoms with Crippen LogP contribution in [-0.2, 0) is 50.9 Å². The zero-order valence-corrected chi connectivity index (χ0v) is 82.1. The smallest absolute Gasteiger partial charge is 0.416 e. The molecular weight excluding hydrogens is 1730 g/mol. The van der Waals surface area contributed by atoms with Crippen LogP contribution in [0, 0.1) is 53.2 Å². The van der Waals surface area contributed by atoms with E-state index in [9.17, 15) is 17.6 Å². The molecular formula is C108H136F4N24O. The van der Waals surface area contributed by atoms with Crippen molar-refractivity contribution in [2.24, 2.45) is 0 Å². The largest absolute Gasteiger partial charge is 0.497 e. The van der Waals surface area contributed by atoms with Gasteiger partial charge in [0.05, 0.1) is 61.2 Å². The van der Waals surface area contributed by atoms with Gasteiger partial charge < -0.3 is 66.0 Å². The highest BCUT2D eigenvalue weighted by molar-refractivity contribution is 5.72. The number of methoxy groups -OCH3 is 1. The Kier molecular flexibility index (Phi) is 47.8. The number of aromatic amines is 6. The molecule has 25 nitrogen and oxygen atoms in total. The summed E-state index contributed by atoms with van der Waals surface area (Å²) >= 11 is 0. The molecule has 6 heterocycles. The van der Waals surface area contributed by atoms with E-state index in [4.69, 9.17) is 4.74 Å². The first-order chi connectivity index (χ1) is 66.3. The minimum absolute atomic E-state index is 0.167. The zero-order valence-electron chi connectivity index (χ0n) is 82.1. The van der Waals surface area contributed by atoms with Gasteiger partial charge in [-0.25, -0.2) is 4.39 Å². The van der Waals surface area contributed by atoms with Crippen molar-refractivity contribution in [2.45, 2.75) is 71.6 Å².